The van der Waals surface area contributed by atoms with E-state index in [2.05, 4.69) is 25.6 Å². The van der Waals surface area contributed by atoms with Crippen molar-refractivity contribution >= 4 is 23.4 Å². The summed E-state index contributed by atoms with van der Waals surface area (Å²) in [5.74, 6) is 0.510. The van der Waals surface area contributed by atoms with Gasteiger partial charge in [-0.15, -0.1) is 10.2 Å². The number of carbonyl (C=O) groups is 1. The Morgan fingerprint density at radius 3 is 2.90 bits per heavy atom. The first-order valence-corrected chi connectivity index (χ1v) is 9.68. The SMILES string of the molecule is CCn1c(SCC(=O)Nc2ccc(-n3cncn3)c(F)c2)nnc1-c1ccco1. The van der Waals surface area contributed by atoms with Crippen LogP contribution in [0.25, 0.3) is 17.3 Å². The lowest BCUT2D eigenvalue weighted by Gasteiger charge is -2.08. The Labute approximate surface area is 169 Å². The molecule has 0 bridgehead atoms. The maximum Gasteiger partial charge on any atom is 0.234 e. The number of nitrogens with zero attached hydrogens (tertiary/aromatic N) is 6. The van der Waals surface area contributed by atoms with Crippen LogP contribution in [0.5, 0.6) is 0 Å². The van der Waals surface area contributed by atoms with Crippen molar-refractivity contribution in [1.29, 1.82) is 0 Å². The van der Waals surface area contributed by atoms with Crippen LogP contribution in [-0.2, 0) is 11.3 Å². The number of halogens is 1. The van der Waals surface area contributed by atoms with E-state index >= 15 is 0 Å². The van der Waals surface area contributed by atoms with Gasteiger partial charge < -0.3 is 9.73 Å². The number of amides is 1. The van der Waals surface area contributed by atoms with Gasteiger partial charge in [0.25, 0.3) is 0 Å². The van der Waals surface area contributed by atoms with Crippen LogP contribution in [0.3, 0.4) is 0 Å². The highest BCUT2D eigenvalue weighted by Gasteiger charge is 2.16. The van der Waals surface area contributed by atoms with Crippen LogP contribution in [0.2, 0.25) is 0 Å². The number of hydrogen-bond acceptors (Lipinski definition) is 7. The van der Waals surface area contributed by atoms with Gasteiger partial charge in [0.05, 0.1) is 12.0 Å². The third-order valence-corrected chi connectivity index (χ3v) is 4.97. The highest BCUT2D eigenvalue weighted by Crippen LogP contribution is 2.24. The molecule has 0 atom stereocenters. The first kappa shape index (κ1) is 18.9. The number of anilines is 1. The minimum Gasteiger partial charge on any atom is -0.461 e. The molecule has 0 radical (unpaired) electrons. The van der Waals surface area contributed by atoms with E-state index in [1.165, 1.54) is 41.2 Å². The molecule has 4 aromatic rings. The number of hydrogen-bond donors (Lipinski definition) is 1. The number of benzene rings is 1. The zero-order chi connectivity index (χ0) is 20.2. The zero-order valence-electron chi connectivity index (χ0n) is 15.3. The van der Waals surface area contributed by atoms with Gasteiger partial charge in [0.15, 0.2) is 22.6 Å². The molecule has 0 unspecified atom stereocenters. The van der Waals surface area contributed by atoms with Crippen molar-refractivity contribution in [1.82, 2.24) is 29.5 Å². The van der Waals surface area contributed by atoms with E-state index in [-0.39, 0.29) is 17.3 Å². The molecule has 4 rings (SSSR count). The summed E-state index contributed by atoms with van der Waals surface area (Å²) in [6, 6.07) is 7.94. The smallest absolute Gasteiger partial charge is 0.234 e. The van der Waals surface area contributed by atoms with E-state index in [0.717, 1.165) is 0 Å². The summed E-state index contributed by atoms with van der Waals surface area (Å²) in [6.07, 6.45) is 4.28. The monoisotopic (exact) mass is 413 g/mol. The van der Waals surface area contributed by atoms with Gasteiger partial charge in [-0.2, -0.15) is 5.10 Å². The topological polar surface area (TPSA) is 104 Å². The summed E-state index contributed by atoms with van der Waals surface area (Å²) < 4.78 is 22.8. The van der Waals surface area contributed by atoms with Crippen molar-refractivity contribution in [3.8, 4) is 17.3 Å². The summed E-state index contributed by atoms with van der Waals surface area (Å²) in [5.41, 5.74) is 0.599. The molecule has 3 aromatic heterocycles. The van der Waals surface area contributed by atoms with E-state index in [1.807, 2.05) is 11.5 Å². The maximum atomic E-state index is 14.3. The van der Waals surface area contributed by atoms with Crippen molar-refractivity contribution in [2.45, 2.75) is 18.6 Å². The fourth-order valence-corrected chi connectivity index (χ4v) is 3.50. The lowest BCUT2D eigenvalue weighted by atomic mass is 10.2. The largest absolute Gasteiger partial charge is 0.461 e. The highest BCUT2D eigenvalue weighted by molar-refractivity contribution is 7.99. The minimum absolute atomic E-state index is 0.0999. The molecule has 0 aliphatic rings. The second-order valence-corrected chi connectivity index (χ2v) is 6.81. The van der Waals surface area contributed by atoms with Crippen LogP contribution < -0.4 is 5.32 Å². The van der Waals surface area contributed by atoms with Gasteiger partial charge >= 0.3 is 0 Å². The fraction of sp³-hybridized carbons (Fsp3) is 0.167. The van der Waals surface area contributed by atoms with Gasteiger partial charge in [-0.1, -0.05) is 11.8 Å². The maximum absolute atomic E-state index is 14.3. The Morgan fingerprint density at radius 2 is 2.21 bits per heavy atom. The van der Waals surface area contributed by atoms with Crippen molar-refractivity contribution in [3.63, 3.8) is 0 Å². The number of carbonyl (C=O) groups excluding carboxylic acids is 1. The van der Waals surface area contributed by atoms with Gasteiger partial charge in [0.1, 0.15) is 18.3 Å². The van der Waals surface area contributed by atoms with E-state index in [9.17, 15) is 9.18 Å². The van der Waals surface area contributed by atoms with Crippen LogP contribution >= 0.6 is 11.8 Å². The molecule has 1 amide bonds. The third-order valence-electron chi connectivity index (χ3n) is 4.00. The van der Waals surface area contributed by atoms with Crippen LogP contribution in [0.1, 0.15) is 6.92 Å². The molecule has 0 spiro atoms. The molecule has 3 heterocycles. The Morgan fingerprint density at radius 1 is 1.31 bits per heavy atom. The molecule has 1 N–H and O–H groups in total. The number of furan rings is 1. The molecule has 29 heavy (non-hydrogen) atoms. The van der Waals surface area contributed by atoms with E-state index < -0.39 is 5.82 Å². The van der Waals surface area contributed by atoms with Gasteiger partial charge in [0.2, 0.25) is 5.91 Å². The van der Waals surface area contributed by atoms with E-state index in [4.69, 9.17) is 4.42 Å². The van der Waals surface area contributed by atoms with Gasteiger partial charge in [-0.05, 0) is 37.3 Å². The Hall–Kier alpha value is -3.47. The molecule has 0 saturated carbocycles. The normalized spacial score (nSPS) is 11.0. The number of nitrogens with one attached hydrogen (secondary N) is 1. The van der Waals surface area contributed by atoms with Crippen molar-refractivity contribution in [2.75, 3.05) is 11.1 Å². The minimum atomic E-state index is -0.519. The zero-order valence-corrected chi connectivity index (χ0v) is 16.1. The number of aromatic nitrogens is 6. The van der Waals surface area contributed by atoms with Crippen LogP contribution in [0, 0.1) is 5.82 Å². The summed E-state index contributed by atoms with van der Waals surface area (Å²) in [5, 5.41) is 15.4. The molecular formula is C18H16FN7O2S. The average molecular weight is 413 g/mol. The summed E-state index contributed by atoms with van der Waals surface area (Å²) in [6.45, 7) is 2.58. The first-order chi connectivity index (χ1) is 14.2. The van der Waals surface area contributed by atoms with Crippen LogP contribution in [0.4, 0.5) is 10.1 Å². The predicted octanol–water partition coefficient (Wildman–Crippen LogP) is 3.01. The van der Waals surface area contributed by atoms with Crippen LogP contribution in [-0.4, -0.2) is 41.2 Å². The lowest BCUT2D eigenvalue weighted by molar-refractivity contribution is -0.113. The molecule has 1 aromatic carbocycles. The average Bonchev–Trinajstić information content (AvgIpc) is 3.47. The molecule has 9 nitrogen and oxygen atoms in total. The third kappa shape index (κ3) is 4.04. The van der Waals surface area contributed by atoms with Crippen molar-refractivity contribution < 1.29 is 13.6 Å². The van der Waals surface area contributed by atoms with E-state index in [1.54, 1.807) is 24.5 Å². The number of thioether (sulfide) groups is 1. The molecule has 0 fully saturated rings. The summed E-state index contributed by atoms with van der Waals surface area (Å²) in [4.78, 5) is 16.1. The molecular weight excluding hydrogens is 397 g/mol. The molecule has 0 aliphatic carbocycles. The second kappa shape index (κ2) is 8.27. The fourth-order valence-electron chi connectivity index (χ4n) is 2.70. The van der Waals surface area contributed by atoms with Gasteiger partial charge in [0, 0.05) is 12.2 Å². The standard InChI is InChI=1S/C18H16FN7O2S/c1-2-25-17(15-4-3-7-28-15)23-24-18(25)29-9-16(27)22-12-5-6-14(13(19)8-12)26-11-20-10-21-26/h3-8,10-11H,2,9H2,1H3,(H,22,27). The Kier molecular flexibility index (Phi) is 5.38. The highest BCUT2D eigenvalue weighted by atomic mass is 32.2. The van der Waals surface area contributed by atoms with Gasteiger partial charge in [-0.25, -0.2) is 14.1 Å². The first-order valence-electron chi connectivity index (χ1n) is 8.70. The van der Waals surface area contributed by atoms with Crippen molar-refractivity contribution in [2.24, 2.45) is 0 Å². The van der Waals surface area contributed by atoms with E-state index in [0.29, 0.717) is 29.0 Å². The molecule has 11 heteroatoms. The molecule has 148 valence electrons. The number of rotatable bonds is 7. The van der Waals surface area contributed by atoms with Crippen LogP contribution in [0.15, 0.2) is 58.8 Å². The Balaban J connectivity index is 1.40. The summed E-state index contributed by atoms with van der Waals surface area (Å²) >= 11 is 1.24. The lowest BCUT2D eigenvalue weighted by Crippen LogP contribution is -2.15. The second-order valence-electron chi connectivity index (χ2n) is 5.87. The molecule has 0 aliphatic heterocycles. The van der Waals surface area contributed by atoms with Crippen molar-refractivity contribution in [3.05, 3.63) is 55.1 Å². The quantitative estimate of drug-likeness (QED) is 0.465. The molecule has 0 saturated heterocycles. The Bertz CT molecular complexity index is 1110. The predicted molar refractivity (Wildman–Crippen MR) is 104 cm³/mol. The van der Waals surface area contributed by atoms with Gasteiger partial charge in [-0.3, -0.25) is 9.36 Å². The summed E-state index contributed by atoms with van der Waals surface area (Å²) in [7, 11) is 0.